The first kappa shape index (κ1) is 15.4. The van der Waals surface area contributed by atoms with Crippen LogP contribution >= 0.6 is 11.3 Å². The van der Waals surface area contributed by atoms with Crippen molar-refractivity contribution in [2.75, 3.05) is 0 Å². The molecule has 1 N–H and O–H groups in total. The molecule has 0 aliphatic carbocycles. The third-order valence-electron chi connectivity index (χ3n) is 2.74. The van der Waals surface area contributed by atoms with Gasteiger partial charge in [-0.3, -0.25) is 0 Å². The van der Waals surface area contributed by atoms with Crippen LogP contribution in [0, 0.1) is 0 Å². The fourth-order valence-corrected chi connectivity index (χ4v) is 2.59. The molecule has 0 amide bonds. The van der Waals surface area contributed by atoms with Gasteiger partial charge in [-0.15, -0.1) is 11.3 Å². The number of thiazole rings is 1. The number of halogens is 3. The van der Waals surface area contributed by atoms with Gasteiger partial charge in [-0.05, 0) is 26.2 Å². The van der Waals surface area contributed by atoms with E-state index in [1.165, 1.54) is 0 Å². The summed E-state index contributed by atoms with van der Waals surface area (Å²) in [6.45, 7) is 3.97. The van der Waals surface area contributed by atoms with Crippen molar-refractivity contribution < 1.29 is 13.2 Å². The maximum atomic E-state index is 12.0. The molecule has 1 heterocycles. The molecule has 0 fully saturated rings. The first-order chi connectivity index (χ1) is 8.42. The summed E-state index contributed by atoms with van der Waals surface area (Å²) in [6.07, 6.45) is -1.41. The summed E-state index contributed by atoms with van der Waals surface area (Å²) in [5.74, 6) is 0. The quantitative estimate of drug-likeness (QED) is 0.805. The SMILES string of the molecule is CCC(NC(C)CCCC(F)(F)F)c1nccs1. The highest BCUT2D eigenvalue weighted by Crippen LogP contribution is 2.24. The molecule has 0 saturated heterocycles. The zero-order valence-electron chi connectivity index (χ0n) is 10.6. The lowest BCUT2D eigenvalue weighted by atomic mass is 10.1. The Kier molecular flexibility index (Phi) is 6.08. The van der Waals surface area contributed by atoms with Crippen LogP contribution < -0.4 is 5.32 Å². The average molecular weight is 280 g/mol. The summed E-state index contributed by atoms with van der Waals surface area (Å²) in [4.78, 5) is 4.24. The van der Waals surface area contributed by atoms with E-state index < -0.39 is 12.6 Å². The van der Waals surface area contributed by atoms with Crippen molar-refractivity contribution in [2.45, 2.75) is 57.8 Å². The second-order valence-corrected chi connectivity index (χ2v) is 5.33. The van der Waals surface area contributed by atoms with E-state index in [0.29, 0.717) is 6.42 Å². The van der Waals surface area contributed by atoms with E-state index in [4.69, 9.17) is 0 Å². The van der Waals surface area contributed by atoms with Crippen LogP contribution in [0.3, 0.4) is 0 Å². The summed E-state index contributed by atoms with van der Waals surface area (Å²) in [5, 5.41) is 6.25. The second kappa shape index (κ2) is 7.09. The molecule has 0 bridgehead atoms. The topological polar surface area (TPSA) is 24.9 Å². The molecule has 1 rings (SSSR count). The molecule has 1 aromatic heterocycles. The molecule has 6 heteroatoms. The first-order valence-corrected chi connectivity index (χ1v) is 7.02. The highest BCUT2D eigenvalue weighted by Gasteiger charge is 2.26. The molecule has 0 aliphatic rings. The molecule has 2 atom stereocenters. The smallest absolute Gasteiger partial charge is 0.305 e. The van der Waals surface area contributed by atoms with Crippen LogP contribution in [0.15, 0.2) is 11.6 Å². The fourth-order valence-electron chi connectivity index (χ4n) is 1.81. The highest BCUT2D eigenvalue weighted by atomic mass is 32.1. The summed E-state index contributed by atoms with van der Waals surface area (Å²) >= 11 is 1.57. The zero-order chi connectivity index (χ0) is 13.6. The van der Waals surface area contributed by atoms with E-state index in [2.05, 4.69) is 10.3 Å². The van der Waals surface area contributed by atoms with E-state index in [1.54, 1.807) is 17.5 Å². The van der Waals surface area contributed by atoms with E-state index in [1.807, 2.05) is 19.2 Å². The normalized spacial score (nSPS) is 15.6. The molecule has 0 aliphatic heterocycles. The van der Waals surface area contributed by atoms with Gasteiger partial charge in [0, 0.05) is 24.0 Å². The molecule has 104 valence electrons. The van der Waals surface area contributed by atoms with Crippen LogP contribution in [0.5, 0.6) is 0 Å². The summed E-state index contributed by atoms with van der Waals surface area (Å²) in [5.41, 5.74) is 0. The standard InChI is InChI=1S/C12H19F3N2S/c1-3-10(11-16-7-8-18-11)17-9(2)5-4-6-12(13,14)15/h7-10,17H,3-6H2,1-2H3. The van der Waals surface area contributed by atoms with Crippen molar-refractivity contribution in [2.24, 2.45) is 0 Å². The minimum atomic E-state index is -4.04. The Morgan fingerprint density at radius 3 is 2.67 bits per heavy atom. The zero-order valence-corrected chi connectivity index (χ0v) is 11.4. The van der Waals surface area contributed by atoms with Gasteiger partial charge >= 0.3 is 6.18 Å². The van der Waals surface area contributed by atoms with Gasteiger partial charge in [-0.25, -0.2) is 4.98 Å². The van der Waals surface area contributed by atoms with E-state index >= 15 is 0 Å². The minimum Gasteiger partial charge on any atom is -0.305 e. The molecule has 1 aromatic rings. The maximum Gasteiger partial charge on any atom is 0.389 e. The van der Waals surface area contributed by atoms with Gasteiger partial charge in [0.2, 0.25) is 0 Å². The number of aromatic nitrogens is 1. The molecular formula is C12H19F3N2S. The number of alkyl halides is 3. The summed E-state index contributed by atoms with van der Waals surface area (Å²) < 4.78 is 36.1. The lowest BCUT2D eigenvalue weighted by Crippen LogP contribution is -2.30. The van der Waals surface area contributed by atoms with Crippen molar-refractivity contribution >= 4 is 11.3 Å². The average Bonchev–Trinajstić information content (AvgIpc) is 2.77. The Hall–Kier alpha value is -0.620. The Balaban J connectivity index is 2.32. The van der Waals surface area contributed by atoms with E-state index in [-0.39, 0.29) is 18.5 Å². The molecule has 0 saturated carbocycles. The van der Waals surface area contributed by atoms with E-state index in [9.17, 15) is 13.2 Å². The second-order valence-electron chi connectivity index (χ2n) is 4.41. The molecule has 0 radical (unpaired) electrons. The van der Waals surface area contributed by atoms with Crippen LogP contribution in [0.25, 0.3) is 0 Å². The van der Waals surface area contributed by atoms with Gasteiger partial charge in [-0.2, -0.15) is 13.2 Å². The van der Waals surface area contributed by atoms with E-state index in [0.717, 1.165) is 11.4 Å². The number of rotatable bonds is 7. The number of nitrogens with zero attached hydrogens (tertiary/aromatic N) is 1. The van der Waals surface area contributed by atoms with Gasteiger partial charge < -0.3 is 5.32 Å². The van der Waals surface area contributed by atoms with Crippen molar-refractivity contribution in [3.05, 3.63) is 16.6 Å². The third-order valence-corrected chi connectivity index (χ3v) is 3.63. The van der Waals surface area contributed by atoms with Gasteiger partial charge in [0.1, 0.15) is 5.01 Å². The predicted octanol–water partition coefficient (Wildman–Crippen LogP) is 4.30. The van der Waals surface area contributed by atoms with Crippen molar-refractivity contribution in [1.29, 1.82) is 0 Å². The predicted molar refractivity (Wildman–Crippen MR) is 67.6 cm³/mol. The Labute approximate surface area is 110 Å². The van der Waals surface area contributed by atoms with Crippen LogP contribution in [-0.2, 0) is 0 Å². The lowest BCUT2D eigenvalue weighted by Gasteiger charge is -2.20. The molecular weight excluding hydrogens is 261 g/mol. The Bertz CT molecular complexity index is 325. The Morgan fingerprint density at radius 2 is 2.17 bits per heavy atom. The Morgan fingerprint density at radius 1 is 1.44 bits per heavy atom. The maximum absolute atomic E-state index is 12.0. The monoisotopic (exact) mass is 280 g/mol. The highest BCUT2D eigenvalue weighted by molar-refractivity contribution is 7.09. The van der Waals surface area contributed by atoms with Gasteiger partial charge in [0.05, 0.1) is 6.04 Å². The van der Waals surface area contributed by atoms with Crippen LogP contribution in [0.1, 0.15) is 50.6 Å². The first-order valence-electron chi connectivity index (χ1n) is 6.14. The number of hydrogen-bond donors (Lipinski definition) is 1. The summed E-state index contributed by atoms with van der Waals surface area (Å²) in [6, 6.07) is 0.215. The van der Waals surface area contributed by atoms with Gasteiger partial charge in [-0.1, -0.05) is 6.92 Å². The van der Waals surface area contributed by atoms with Crippen LogP contribution in [0.4, 0.5) is 13.2 Å². The van der Waals surface area contributed by atoms with Crippen molar-refractivity contribution in [1.82, 2.24) is 10.3 Å². The van der Waals surface area contributed by atoms with Crippen molar-refractivity contribution in [3.63, 3.8) is 0 Å². The molecule has 18 heavy (non-hydrogen) atoms. The van der Waals surface area contributed by atoms with Gasteiger partial charge in [0.15, 0.2) is 0 Å². The molecule has 0 aromatic carbocycles. The molecule has 2 unspecified atom stereocenters. The minimum absolute atomic E-state index is 0.0706. The molecule has 0 spiro atoms. The van der Waals surface area contributed by atoms with Crippen molar-refractivity contribution in [3.8, 4) is 0 Å². The number of hydrogen-bond acceptors (Lipinski definition) is 3. The summed E-state index contributed by atoms with van der Waals surface area (Å²) in [7, 11) is 0. The van der Waals surface area contributed by atoms with Gasteiger partial charge in [0.25, 0.3) is 0 Å². The largest absolute Gasteiger partial charge is 0.389 e. The van der Waals surface area contributed by atoms with Crippen LogP contribution in [0.2, 0.25) is 0 Å². The lowest BCUT2D eigenvalue weighted by molar-refractivity contribution is -0.135. The fraction of sp³-hybridized carbons (Fsp3) is 0.750. The third kappa shape index (κ3) is 5.82. The molecule has 2 nitrogen and oxygen atoms in total. The van der Waals surface area contributed by atoms with Crippen LogP contribution in [-0.4, -0.2) is 17.2 Å². The number of nitrogens with one attached hydrogen (secondary N) is 1.